The summed E-state index contributed by atoms with van der Waals surface area (Å²) < 4.78 is 15.7. The van der Waals surface area contributed by atoms with E-state index in [9.17, 15) is 24.9 Å². The molecule has 0 aromatic heterocycles. The van der Waals surface area contributed by atoms with E-state index in [1.807, 2.05) is 36.4 Å². The molecule has 3 aromatic rings. The van der Waals surface area contributed by atoms with Crippen molar-refractivity contribution >= 4 is 22.7 Å². The number of carbonyl (C=O) groups is 2. The van der Waals surface area contributed by atoms with Gasteiger partial charge in [0.05, 0.1) is 6.54 Å². The molecule has 0 aliphatic carbocycles. The zero-order valence-electron chi connectivity index (χ0n) is 16.1. The molecule has 4 rings (SSSR count). The SMILES string of the molecule is O=C(O)C1(C(=O)O)Oc2ccc(CNCC(O)Oc3cccc4ccccc34)cc2O1. The highest BCUT2D eigenvalue weighted by atomic mass is 16.8. The summed E-state index contributed by atoms with van der Waals surface area (Å²) in [4.78, 5) is 22.6. The van der Waals surface area contributed by atoms with Gasteiger partial charge in [0.25, 0.3) is 0 Å². The Labute approximate surface area is 176 Å². The van der Waals surface area contributed by atoms with Gasteiger partial charge in [-0.1, -0.05) is 42.5 Å². The van der Waals surface area contributed by atoms with E-state index < -0.39 is 24.0 Å². The summed E-state index contributed by atoms with van der Waals surface area (Å²) in [5.41, 5.74) is 0.672. The third-order valence-electron chi connectivity index (χ3n) is 4.74. The third kappa shape index (κ3) is 3.96. The van der Waals surface area contributed by atoms with Crippen LogP contribution in [0.4, 0.5) is 0 Å². The van der Waals surface area contributed by atoms with E-state index in [0.717, 1.165) is 10.8 Å². The van der Waals surface area contributed by atoms with Crippen LogP contribution < -0.4 is 19.5 Å². The third-order valence-corrected chi connectivity index (χ3v) is 4.74. The minimum absolute atomic E-state index is 0.0108. The van der Waals surface area contributed by atoms with Gasteiger partial charge in [0.1, 0.15) is 5.75 Å². The van der Waals surface area contributed by atoms with Crippen LogP contribution in [0.2, 0.25) is 0 Å². The fourth-order valence-corrected chi connectivity index (χ4v) is 3.25. The predicted molar refractivity (Wildman–Crippen MR) is 108 cm³/mol. The molecule has 0 saturated carbocycles. The van der Waals surface area contributed by atoms with Crippen molar-refractivity contribution in [2.24, 2.45) is 0 Å². The molecule has 3 aromatic carbocycles. The van der Waals surface area contributed by atoms with Crippen molar-refractivity contribution < 1.29 is 39.1 Å². The Balaban J connectivity index is 1.36. The second kappa shape index (κ2) is 8.13. The van der Waals surface area contributed by atoms with Crippen molar-refractivity contribution in [1.29, 1.82) is 0 Å². The molecule has 160 valence electrons. The topological polar surface area (TPSA) is 135 Å². The highest BCUT2D eigenvalue weighted by Gasteiger charge is 2.57. The first kappa shape index (κ1) is 20.5. The second-order valence-electron chi connectivity index (χ2n) is 6.89. The molecule has 1 unspecified atom stereocenters. The summed E-state index contributed by atoms with van der Waals surface area (Å²) in [7, 11) is 0. The number of carboxylic acids is 2. The lowest BCUT2D eigenvalue weighted by Gasteiger charge is -2.17. The average molecular weight is 425 g/mol. The first-order valence-electron chi connectivity index (χ1n) is 9.40. The van der Waals surface area contributed by atoms with Gasteiger partial charge in [0.2, 0.25) is 6.29 Å². The maximum atomic E-state index is 11.3. The maximum absolute atomic E-state index is 11.3. The molecule has 0 fully saturated rings. The summed E-state index contributed by atoms with van der Waals surface area (Å²) >= 11 is 0. The van der Waals surface area contributed by atoms with Gasteiger partial charge < -0.3 is 34.8 Å². The van der Waals surface area contributed by atoms with E-state index in [0.29, 0.717) is 17.9 Å². The van der Waals surface area contributed by atoms with E-state index in [-0.39, 0.29) is 18.0 Å². The van der Waals surface area contributed by atoms with Gasteiger partial charge in [-0.2, -0.15) is 0 Å². The zero-order valence-corrected chi connectivity index (χ0v) is 16.1. The lowest BCUT2D eigenvalue weighted by molar-refractivity contribution is -0.194. The molecule has 31 heavy (non-hydrogen) atoms. The molecule has 9 heteroatoms. The lowest BCUT2D eigenvalue weighted by atomic mass is 10.1. The number of ether oxygens (including phenoxy) is 3. The van der Waals surface area contributed by atoms with Crippen molar-refractivity contribution in [3.63, 3.8) is 0 Å². The number of hydrogen-bond donors (Lipinski definition) is 4. The fraction of sp³-hybridized carbons (Fsp3) is 0.182. The maximum Gasteiger partial charge on any atom is 0.453 e. The fourth-order valence-electron chi connectivity index (χ4n) is 3.25. The lowest BCUT2D eigenvalue weighted by Crippen LogP contribution is -2.54. The first-order chi connectivity index (χ1) is 14.9. The Morgan fingerprint density at radius 1 is 0.968 bits per heavy atom. The van der Waals surface area contributed by atoms with Crippen LogP contribution in [0.3, 0.4) is 0 Å². The molecule has 0 amide bonds. The van der Waals surface area contributed by atoms with Gasteiger partial charge in [0, 0.05) is 11.9 Å². The Hall–Kier alpha value is -3.82. The smallest absolute Gasteiger partial charge is 0.453 e. The summed E-state index contributed by atoms with van der Waals surface area (Å²) in [6.07, 6.45) is -1.11. The number of rotatable bonds is 8. The summed E-state index contributed by atoms with van der Waals surface area (Å²) in [6.45, 7) is 0.408. The van der Waals surface area contributed by atoms with Crippen LogP contribution in [-0.4, -0.2) is 45.9 Å². The second-order valence-corrected chi connectivity index (χ2v) is 6.89. The molecule has 1 aliphatic rings. The van der Waals surface area contributed by atoms with Crippen LogP contribution in [0.1, 0.15) is 5.56 Å². The van der Waals surface area contributed by atoms with Crippen molar-refractivity contribution in [1.82, 2.24) is 5.32 Å². The van der Waals surface area contributed by atoms with Crippen molar-refractivity contribution in [3.05, 3.63) is 66.2 Å². The van der Waals surface area contributed by atoms with E-state index in [2.05, 4.69) is 5.32 Å². The van der Waals surface area contributed by atoms with Crippen LogP contribution in [0, 0.1) is 0 Å². The van der Waals surface area contributed by atoms with Crippen molar-refractivity contribution in [3.8, 4) is 17.2 Å². The normalized spacial score (nSPS) is 14.9. The van der Waals surface area contributed by atoms with Crippen LogP contribution in [0.25, 0.3) is 10.8 Å². The van der Waals surface area contributed by atoms with Gasteiger partial charge >= 0.3 is 17.7 Å². The van der Waals surface area contributed by atoms with E-state index in [4.69, 9.17) is 14.2 Å². The zero-order chi connectivity index (χ0) is 22.0. The minimum Gasteiger partial charge on any atom is -0.475 e. The molecule has 9 nitrogen and oxygen atoms in total. The van der Waals surface area contributed by atoms with E-state index in [1.165, 1.54) is 12.1 Å². The summed E-state index contributed by atoms with van der Waals surface area (Å²) in [5, 5.41) is 33.5. The number of aliphatic hydroxyl groups is 1. The molecule has 4 N–H and O–H groups in total. The quantitative estimate of drug-likeness (QED) is 0.316. The number of aliphatic carboxylic acids is 2. The molecule has 1 aliphatic heterocycles. The Morgan fingerprint density at radius 3 is 2.45 bits per heavy atom. The highest BCUT2D eigenvalue weighted by molar-refractivity contribution is 6.01. The minimum atomic E-state index is -2.79. The molecule has 1 atom stereocenters. The highest BCUT2D eigenvalue weighted by Crippen LogP contribution is 2.40. The number of benzene rings is 3. The van der Waals surface area contributed by atoms with Crippen LogP contribution in [0.5, 0.6) is 17.2 Å². The first-order valence-corrected chi connectivity index (χ1v) is 9.40. The van der Waals surface area contributed by atoms with Gasteiger partial charge in [-0.3, -0.25) is 0 Å². The Kier molecular flexibility index (Phi) is 5.37. The van der Waals surface area contributed by atoms with Crippen LogP contribution in [-0.2, 0) is 16.1 Å². The molecular weight excluding hydrogens is 406 g/mol. The van der Waals surface area contributed by atoms with Gasteiger partial charge in [0.15, 0.2) is 11.5 Å². The Morgan fingerprint density at radius 2 is 1.68 bits per heavy atom. The number of carboxylic acid groups (broad SMARTS) is 2. The largest absolute Gasteiger partial charge is 0.475 e. The van der Waals surface area contributed by atoms with E-state index in [1.54, 1.807) is 12.1 Å². The van der Waals surface area contributed by atoms with Crippen molar-refractivity contribution in [2.75, 3.05) is 6.54 Å². The number of aliphatic hydroxyl groups excluding tert-OH is 1. The monoisotopic (exact) mass is 425 g/mol. The van der Waals surface area contributed by atoms with Crippen LogP contribution >= 0.6 is 0 Å². The Bertz CT molecular complexity index is 1130. The number of hydrogen-bond acceptors (Lipinski definition) is 7. The van der Waals surface area contributed by atoms with E-state index >= 15 is 0 Å². The van der Waals surface area contributed by atoms with Gasteiger partial charge in [-0.25, -0.2) is 9.59 Å². The molecular formula is C22H19NO8. The summed E-state index contributed by atoms with van der Waals surface area (Å²) in [6, 6.07) is 17.8. The molecule has 0 bridgehead atoms. The molecule has 0 saturated heterocycles. The molecule has 0 radical (unpaired) electrons. The van der Waals surface area contributed by atoms with Crippen LogP contribution in [0.15, 0.2) is 60.7 Å². The number of nitrogens with one attached hydrogen (secondary N) is 1. The number of fused-ring (bicyclic) bond motifs is 2. The standard InChI is InChI=1S/C22H19NO8/c24-19(29-16-7-3-5-14-4-1-2-6-15(14)16)12-23-11-13-8-9-17-18(10-13)31-22(30-17,20(25)26)21(27)28/h1-10,19,23-24H,11-12H2,(H,25,26)(H,27,28). The van der Waals surface area contributed by atoms with Gasteiger partial charge in [-0.15, -0.1) is 0 Å². The molecule has 1 heterocycles. The van der Waals surface area contributed by atoms with Crippen molar-refractivity contribution in [2.45, 2.75) is 18.6 Å². The average Bonchev–Trinajstić information content (AvgIpc) is 3.15. The molecule has 0 spiro atoms. The summed E-state index contributed by atoms with van der Waals surface area (Å²) in [5.74, 6) is -5.72. The van der Waals surface area contributed by atoms with Gasteiger partial charge in [-0.05, 0) is 29.1 Å². The predicted octanol–water partition coefficient (Wildman–Crippen LogP) is 1.96.